The zero-order valence-electron chi connectivity index (χ0n) is 16.0. The predicted molar refractivity (Wildman–Crippen MR) is 103 cm³/mol. The van der Waals surface area contributed by atoms with Crippen LogP contribution in [0.3, 0.4) is 0 Å². The molecule has 1 atom stereocenters. The van der Waals surface area contributed by atoms with Gasteiger partial charge in [0.25, 0.3) is 0 Å². The zero-order valence-corrected chi connectivity index (χ0v) is 16.0. The third kappa shape index (κ3) is 5.56. The Labute approximate surface area is 161 Å². The second-order valence-electron chi connectivity index (χ2n) is 6.97. The van der Waals surface area contributed by atoms with Crippen LogP contribution in [0.5, 0.6) is 5.75 Å². The number of piperazine rings is 1. The normalized spacial score (nSPS) is 18.7. The van der Waals surface area contributed by atoms with Crippen molar-refractivity contribution in [2.24, 2.45) is 0 Å². The molecule has 0 bridgehead atoms. The summed E-state index contributed by atoms with van der Waals surface area (Å²) in [4.78, 5) is 4.80. The number of hydrogen-bond donors (Lipinski definition) is 2. The average molecular weight is 374 g/mol. The van der Waals surface area contributed by atoms with E-state index in [1.54, 1.807) is 0 Å². The molecule has 0 unspecified atom stereocenters. The van der Waals surface area contributed by atoms with Crippen LogP contribution in [-0.2, 0) is 19.7 Å². The van der Waals surface area contributed by atoms with Crippen LogP contribution in [0.2, 0.25) is 0 Å². The maximum atomic E-state index is 9.50. The predicted octanol–water partition coefficient (Wildman–Crippen LogP) is 2.24. The van der Waals surface area contributed by atoms with Gasteiger partial charge in [0.15, 0.2) is 0 Å². The first-order valence-corrected chi connectivity index (χ1v) is 9.69. The zero-order chi connectivity index (χ0) is 19.1. The third-order valence-corrected chi connectivity index (χ3v) is 5.02. The lowest BCUT2D eigenvalue weighted by atomic mass is 10.1. The van der Waals surface area contributed by atoms with Gasteiger partial charge in [0.1, 0.15) is 23.9 Å². The minimum Gasteiger partial charge on any atom is -0.494 e. The Morgan fingerprint density at radius 3 is 2.48 bits per heavy atom. The summed E-state index contributed by atoms with van der Waals surface area (Å²) < 4.78 is 11.1. The van der Waals surface area contributed by atoms with Gasteiger partial charge in [-0.05, 0) is 43.2 Å². The van der Waals surface area contributed by atoms with Crippen LogP contribution >= 0.6 is 0 Å². The number of nitrogens with zero attached hydrogens (tertiary/aromatic N) is 2. The Bertz CT molecular complexity index is 686. The van der Waals surface area contributed by atoms with E-state index in [-0.39, 0.29) is 13.2 Å². The van der Waals surface area contributed by atoms with E-state index < -0.39 is 0 Å². The number of benzene rings is 1. The summed E-state index contributed by atoms with van der Waals surface area (Å²) in [5.74, 6) is 2.38. The van der Waals surface area contributed by atoms with Gasteiger partial charge in [-0.3, -0.25) is 9.80 Å². The van der Waals surface area contributed by atoms with Crippen molar-refractivity contribution in [3.8, 4) is 5.75 Å². The summed E-state index contributed by atoms with van der Waals surface area (Å²) >= 11 is 0. The highest BCUT2D eigenvalue weighted by molar-refractivity contribution is 5.27. The molecule has 6 nitrogen and oxygen atoms in total. The Kier molecular flexibility index (Phi) is 7.29. The number of hydrogen-bond acceptors (Lipinski definition) is 6. The molecule has 1 aromatic carbocycles. The van der Waals surface area contributed by atoms with Gasteiger partial charge in [0, 0.05) is 38.8 Å². The van der Waals surface area contributed by atoms with Crippen LogP contribution < -0.4 is 4.74 Å². The fourth-order valence-corrected chi connectivity index (χ4v) is 3.64. The Morgan fingerprint density at radius 1 is 1.04 bits per heavy atom. The second-order valence-corrected chi connectivity index (χ2v) is 6.97. The van der Waals surface area contributed by atoms with Crippen molar-refractivity contribution in [2.45, 2.75) is 39.1 Å². The molecule has 148 valence electrons. The summed E-state index contributed by atoms with van der Waals surface area (Å²) in [6, 6.07) is 12.3. The molecule has 3 rings (SSSR count). The van der Waals surface area contributed by atoms with Crippen LogP contribution in [0.25, 0.3) is 0 Å². The number of furan rings is 1. The van der Waals surface area contributed by atoms with Crippen molar-refractivity contribution in [3.05, 3.63) is 53.5 Å². The molecule has 1 fully saturated rings. The smallest absolute Gasteiger partial charge is 0.129 e. The van der Waals surface area contributed by atoms with Gasteiger partial charge in [0.05, 0.1) is 13.2 Å². The van der Waals surface area contributed by atoms with Gasteiger partial charge in [0.2, 0.25) is 0 Å². The molecule has 0 aliphatic carbocycles. The Morgan fingerprint density at radius 2 is 1.81 bits per heavy atom. The molecule has 1 aromatic heterocycles. The summed E-state index contributed by atoms with van der Waals surface area (Å²) in [5, 5.41) is 18.6. The number of aliphatic hydroxyl groups excluding tert-OH is 2. The van der Waals surface area contributed by atoms with Crippen LogP contribution in [0.4, 0.5) is 0 Å². The highest BCUT2D eigenvalue weighted by Crippen LogP contribution is 2.20. The minimum atomic E-state index is -0.0665. The van der Waals surface area contributed by atoms with Crippen molar-refractivity contribution in [3.63, 3.8) is 0 Å². The minimum absolute atomic E-state index is 0.0665. The van der Waals surface area contributed by atoms with Gasteiger partial charge in [-0.15, -0.1) is 0 Å². The first-order valence-electron chi connectivity index (χ1n) is 9.69. The van der Waals surface area contributed by atoms with E-state index in [0.717, 1.165) is 50.7 Å². The fourth-order valence-electron chi connectivity index (χ4n) is 3.64. The summed E-state index contributed by atoms with van der Waals surface area (Å²) in [6.45, 7) is 7.19. The first-order chi connectivity index (χ1) is 13.2. The highest BCUT2D eigenvalue weighted by Gasteiger charge is 2.27. The highest BCUT2D eigenvalue weighted by atomic mass is 16.5. The topological polar surface area (TPSA) is 69.3 Å². The van der Waals surface area contributed by atoms with E-state index in [2.05, 4.69) is 21.9 Å². The largest absolute Gasteiger partial charge is 0.494 e. The van der Waals surface area contributed by atoms with Crippen molar-refractivity contribution >= 4 is 0 Å². The standard InChI is InChI=1S/C21H30N2O4/c1-2-26-19-5-3-17(4-6-19)13-23-11-10-22(14-18(23)9-12-24)15-20-7-8-21(16-25)27-20/h3-8,18,24-25H,2,9-16H2,1H3/t18-/m0/s1. The van der Waals surface area contributed by atoms with Gasteiger partial charge >= 0.3 is 0 Å². The number of aliphatic hydroxyl groups is 2. The van der Waals surface area contributed by atoms with E-state index in [4.69, 9.17) is 14.3 Å². The number of rotatable bonds is 9. The number of ether oxygens (including phenoxy) is 1. The molecule has 0 spiro atoms. The van der Waals surface area contributed by atoms with Gasteiger partial charge in [-0.1, -0.05) is 12.1 Å². The van der Waals surface area contributed by atoms with Crippen molar-refractivity contribution in [1.82, 2.24) is 9.80 Å². The molecule has 2 heterocycles. The molecule has 0 radical (unpaired) electrons. The molecule has 1 aliphatic rings. The SMILES string of the molecule is CCOc1ccc(CN2CCN(Cc3ccc(CO)o3)C[C@@H]2CCO)cc1. The summed E-state index contributed by atoms with van der Waals surface area (Å²) in [6.07, 6.45) is 0.758. The maximum absolute atomic E-state index is 9.50. The maximum Gasteiger partial charge on any atom is 0.129 e. The Balaban J connectivity index is 1.58. The molecule has 1 saturated heterocycles. The molecular formula is C21H30N2O4. The third-order valence-electron chi connectivity index (χ3n) is 5.02. The van der Waals surface area contributed by atoms with E-state index in [1.807, 2.05) is 31.2 Å². The molecule has 2 aromatic rings. The second kappa shape index (κ2) is 9.90. The first kappa shape index (κ1) is 19.9. The average Bonchev–Trinajstić information content (AvgIpc) is 3.13. The van der Waals surface area contributed by atoms with Crippen molar-refractivity contribution in [2.75, 3.05) is 32.8 Å². The Hall–Kier alpha value is -1.86. The van der Waals surface area contributed by atoms with Gasteiger partial charge < -0.3 is 19.4 Å². The fraction of sp³-hybridized carbons (Fsp3) is 0.524. The molecule has 2 N–H and O–H groups in total. The van der Waals surface area contributed by atoms with Crippen LogP contribution in [0, 0.1) is 0 Å². The van der Waals surface area contributed by atoms with Gasteiger partial charge in [-0.2, -0.15) is 0 Å². The lowest BCUT2D eigenvalue weighted by molar-refractivity contribution is 0.0464. The van der Waals surface area contributed by atoms with E-state index in [9.17, 15) is 5.11 Å². The van der Waals surface area contributed by atoms with Crippen molar-refractivity contribution in [1.29, 1.82) is 0 Å². The monoisotopic (exact) mass is 374 g/mol. The van der Waals surface area contributed by atoms with E-state index >= 15 is 0 Å². The lowest BCUT2D eigenvalue weighted by Gasteiger charge is -2.41. The quantitative estimate of drug-likeness (QED) is 0.702. The summed E-state index contributed by atoms with van der Waals surface area (Å²) in [7, 11) is 0. The van der Waals surface area contributed by atoms with Gasteiger partial charge in [-0.25, -0.2) is 0 Å². The van der Waals surface area contributed by atoms with Crippen LogP contribution in [0.1, 0.15) is 30.4 Å². The molecule has 1 aliphatic heterocycles. The molecule has 6 heteroatoms. The molecule has 0 saturated carbocycles. The summed E-state index contributed by atoms with van der Waals surface area (Å²) in [5.41, 5.74) is 1.26. The van der Waals surface area contributed by atoms with Crippen LogP contribution in [-0.4, -0.2) is 58.9 Å². The lowest BCUT2D eigenvalue weighted by Crippen LogP contribution is -2.52. The van der Waals surface area contributed by atoms with Crippen molar-refractivity contribution < 1.29 is 19.4 Å². The molecule has 27 heavy (non-hydrogen) atoms. The van der Waals surface area contributed by atoms with Crippen LogP contribution in [0.15, 0.2) is 40.8 Å². The van der Waals surface area contributed by atoms with E-state index in [1.165, 1.54) is 5.56 Å². The molecular weight excluding hydrogens is 344 g/mol. The molecule has 0 amide bonds. The van der Waals surface area contributed by atoms with E-state index in [0.29, 0.717) is 18.4 Å².